The van der Waals surface area contributed by atoms with Crippen molar-refractivity contribution in [3.8, 4) is 11.8 Å². The summed E-state index contributed by atoms with van der Waals surface area (Å²) in [6.45, 7) is 0.132. The maximum Gasteiger partial charge on any atom is 0.289 e. The Kier molecular flexibility index (Phi) is 8.37. The van der Waals surface area contributed by atoms with Gasteiger partial charge in [-0.05, 0) is 42.0 Å². The first-order valence-electron chi connectivity index (χ1n) is 9.42. The molecule has 0 aliphatic carbocycles. The third kappa shape index (κ3) is 6.19. The maximum absolute atomic E-state index is 12.5. The van der Waals surface area contributed by atoms with Gasteiger partial charge in [-0.25, -0.2) is 0 Å². The fraction of sp³-hybridized carbons (Fsp3) is 0.0435. The van der Waals surface area contributed by atoms with Crippen LogP contribution in [0.25, 0.3) is 6.08 Å². The van der Waals surface area contributed by atoms with Crippen molar-refractivity contribution >= 4 is 69.8 Å². The molecule has 0 bridgehead atoms. The largest absolute Gasteiger partial charge is 0.486 e. The number of halogens is 4. The number of hydrogen-bond acceptors (Lipinski definition) is 5. The van der Waals surface area contributed by atoms with Crippen LogP contribution in [-0.4, -0.2) is 10.8 Å². The van der Waals surface area contributed by atoms with Crippen LogP contribution in [0, 0.1) is 21.4 Å². The highest BCUT2D eigenvalue weighted by Crippen LogP contribution is 2.36. The summed E-state index contributed by atoms with van der Waals surface area (Å²) in [5.74, 6) is -0.567. The van der Waals surface area contributed by atoms with Crippen molar-refractivity contribution in [3.63, 3.8) is 0 Å². The SMILES string of the molecule is N#C/C(=C\c1cc(Cl)c(OCc2ccccc2Cl)c(Cl)c1)C(=O)Nc1ccc(Cl)c([N+](=O)[O-])c1. The van der Waals surface area contributed by atoms with E-state index in [1.807, 2.05) is 6.07 Å². The zero-order valence-corrected chi connectivity index (χ0v) is 20.0. The molecule has 0 aliphatic rings. The quantitative estimate of drug-likeness (QED) is 0.147. The highest BCUT2D eigenvalue weighted by molar-refractivity contribution is 6.37. The van der Waals surface area contributed by atoms with Crippen LogP contribution in [0.15, 0.2) is 60.2 Å². The minimum Gasteiger partial charge on any atom is -0.486 e. The van der Waals surface area contributed by atoms with Gasteiger partial charge in [0.15, 0.2) is 5.75 Å². The average Bonchev–Trinajstić information content (AvgIpc) is 2.79. The van der Waals surface area contributed by atoms with Crippen LogP contribution in [0.1, 0.15) is 11.1 Å². The van der Waals surface area contributed by atoms with Gasteiger partial charge in [0.1, 0.15) is 23.3 Å². The molecule has 3 aromatic carbocycles. The van der Waals surface area contributed by atoms with Crippen LogP contribution < -0.4 is 10.1 Å². The first-order valence-corrected chi connectivity index (χ1v) is 10.9. The molecule has 0 radical (unpaired) electrons. The summed E-state index contributed by atoms with van der Waals surface area (Å²) in [4.78, 5) is 22.9. The number of hydrogen-bond donors (Lipinski definition) is 1. The topological polar surface area (TPSA) is 105 Å². The third-order valence-electron chi connectivity index (χ3n) is 4.43. The Morgan fingerprint density at radius 2 is 1.71 bits per heavy atom. The molecular formula is C23H13Cl4N3O4. The Morgan fingerprint density at radius 3 is 2.32 bits per heavy atom. The molecule has 0 unspecified atom stereocenters. The van der Waals surface area contributed by atoms with E-state index in [0.29, 0.717) is 10.6 Å². The number of nitriles is 1. The van der Waals surface area contributed by atoms with Gasteiger partial charge < -0.3 is 10.1 Å². The Balaban J connectivity index is 1.80. The number of nitro benzene ring substituents is 1. The summed E-state index contributed by atoms with van der Waals surface area (Å²) >= 11 is 24.5. The molecule has 172 valence electrons. The summed E-state index contributed by atoms with van der Waals surface area (Å²) < 4.78 is 5.71. The minimum atomic E-state index is -0.787. The van der Waals surface area contributed by atoms with Crippen molar-refractivity contribution in [1.29, 1.82) is 5.26 Å². The lowest BCUT2D eigenvalue weighted by molar-refractivity contribution is -0.384. The number of amides is 1. The number of nitro groups is 1. The molecule has 0 fully saturated rings. The van der Waals surface area contributed by atoms with E-state index in [-0.39, 0.29) is 44.4 Å². The smallest absolute Gasteiger partial charge is 0.289 e. The van der Waals surface area contributed by atoms with Crippen molar-refractivity contribution in [3.05, 3.63) is 102 Å². The molecule has 3 rings (SSSR count). The van der Waals surface area contributed by atoms with Crippen molar-refractivity contribution < 1.29 is 14.5 Å². The van der Waals surface area contributed by atoms with E-state index >= 15 is 0 Å². The minimum absolute atomic E-state index is 0.0832. The number of anilines is 1. The lowest BCUT2D eigenvalue weighted by Gasteiger charge is -2.12. The first-order chi connectivity index (χ1) is 16.2. The lowest BCUT2D eigenvalue weighted by atomic mass is 10.1. The van der Waals surface area contributed by atoms with E-state index in [0.717, 1.165) is 11.6 Å². The molecule has 0 saturated carbocycles. The monoisotopic (exact) mass is 535 g/mol. The van der Waals surface area contributed by atoms with Gasteiger partial charge in [0.05, 0.1) is 15.0 Å². The molecule has 1 N–H and O–H groups in total. The summed E-state index contributed by atoms with van der Waals surface area (Å²) in [6, 6.07) is 15.6. The second-order valence-corrected chi connectivity index (χ2v) is 8.37. The molecule has 0 atom stereocenters. The number of carbonyl (C=O) groups excluding carboxylic acids is 1. The number of nitrogens with zero attached hydrogens (tertiary/aromatic N) is 2. The Bertz CT molecular complexity index is 1330. The van der Waals surface area contributed by atoms with Crippen molar-refractivity contribution in [2.75, 3.05) is 5.32 Å². The second-order valence-electron chi connectivity index (χ2n) is 6.74. The van der Waals surface area contributed by atoms with Gasteiger partial charge >= 0.3 is 0 Å². The van der Waals surface area contributed by atoms with Crippen LogP contribution in [0.3, 0.4) is 0 Å². The van der Waals surface area contributed by atoms with E-state index < -0.39 is 10.8 Å². The summed E-state index contributed by atoms with van der Waals surface area (Å²) in [6.07, 6.45) is 1.27. The normalized spacial score (nSPS) is 11.0. The first kappa shape index (κ1) is 25.3. The zero-order chi connectivity index (χ0) is 24.8. The van der Waals surface area contributed by atoms with Gasteiger partial charge in [-0.15, -0.1) is 0 Å². The predicted molar refractivity (Wildman–Crippen MR) is 133 cm³/mol. The van der Waals surface area contributed by atoms with E-state index in [4.69, 9.17) is 51.1 Å². The van der Waals surface area contributed by atoms with Crippen molar-refractivity contribution in [1.82, 2.24) is 0 Å². The number of ether oxygens (including phenoxy) is 1. The van der Waals surface area contributed by atoms with Crippen LogP contribution in [0.2, 0.25) is 20.1 Å². The second kappa shape index (κ2) is 11.2. The molecule has 0 saturated heterocycles. The number of carbonyl (C=O) groups is 1. The van der Waals surface area contributed by atoms with E-state index in [1.165, 1.54) is 30.3 Å². The van der Waals surface area contributed by atoms with Gasteiger partial charge in [-0.1, -0.05) is 64.6 Å². The number of rotatable bonds is 7. The Hall–Kier alpha value is -3.28. The highest BCUT2D eigenvalue weighted by atomic mass is 35.5. The third-order valence-corrected chi connectivity index (χ3v) is 5.68. The molecule has 0 aromatic heterocycles. The van der Waals surface area contributed by atoms with Crippen LogP contribution in [0.4, 0.5) is 11.4 Å². The number of benzene rings is 3. The van der Waals surface area contributed by atoms with Crippen molar-refractivity contribution in [2.45, 2.75) is 6.61 Å². The Morgan fingerprint density at radius 1 is 1.03 bits per heavy atom. The lowest BCUT2D eigenvalue weighted by Crippen LogP contribution is -2.13. The summed E-state index contributed by atoms with van der Waals surface area (Å²) in [7, 11) is 0. The standard InChI is InChI=1S/C23H13Cl4N3O4/c24-17-4-2-1-3-14(17)12-34-22-19(26)8-13(9-20(22)27)7-15(11-28)23(31)29-16-5-6-18(25)21(10-16)30(32)33/h1-10H,12H2,(H,29,31)/b15-7+. The maximum atomic E-state index is 12.5. The average molecular weight is 537 g/mol. The molecule has 0 aliphatic heterocycles. The van der Waals surface area contributed by atoms with Gasteiger partial charge in [-0.2, -0.15) is 5.26 Å². The summed E-state index contributed by atoms with van der Waals surface area (Å²) in [5.41, 5.74) is 0.545. The van der Waals surface area contributed by atoms with Crippen LogP contribution in [0.5, 0.6) is 5.75 Å². The van der Waals surface area contributed by atoms with Gasteiger partial charge in [0, 0.05) is 22.3 Å². The zero-order valence-electron chi connectivity index (χ0n) is 17.0. The van der Waals surface area contributed by atoms with Crippen LogP contribution in [-0.2, 0) is 11.4 Å². The number of nitrogens with one attached hydrogen (secondary N) is 1. The highest BCUT2D eigenvalue weighted by Gasteiger charge is 2.17. The molecule has 3 aromatic rings. The molecule has 11 heteroatoms. The van der Waals surface area contributed by atoms with Crippen molar-refractivity contribution in [2.24, 2.45) is 0 Å². The fourth-order valence-corrected chi connectivity index (χ4v) is 3.80. The molecule has 0 spiro atoms. The summed E-state index contributed by atoms with van der Waals surface area (Å²) in [5, 5.41) is 23.7. The van der Waals surface area contributed by atoms with E-state index in [1.54, 1.807) is 24.3 Å². The molecular weight excluding hydrogens is 524 g/mol. The Labute approximate surface area is 214 Å². The van der Waals surface area contributed by atoms with E-state index in [2.05, 4.69) is 5.32 Å². The molecule has 7 nitrogen and oxygen atoms in total. The van der Waals surface area contributed by atoms with E-state index in [9.17, 15) is 20.2 Å². The van der Waals surface area contributed by atoms with Gasteiger partial charge in [0.25, 0.3) is 11.6 Å². The van der Waals surface area contributed by atoms with Gasteiger partial charge in [0.2, 0.25) is 0 Å². The molecule has 34 heavy (non-hydrogen) atoms. The molecule has 1 amide bonds. The fourth-order valence-electron chi connectivity index (χ4n) is 2.81. The van der Waals surface area contributed by atoms with Gasteiger partial charge in [-0.3, -0.25) is 14.9 Å². The predicted octanol–water partition coefficient (Wildman–Crippen LogP) is 7.33. The van der Waals surface area contributed by atoms with Crippen LogP contribution >= 0.6 is 46.4 Å². The molecule has 0 heterocycles.